The van der Waals surface area contributed by atoms with Crippen molar-refractivity contribution in [1.82, 2.24) is 15.0 Å². The topological polar surface area (TPSA) is 75.2 Å². The van der Waals surface area contributed by atoms with Crippen LogP contribution in [0.5, 0.6) is 0 Å². The lowest BCUT2D eigenvalue weighted by Gasteiger charge is -2.17. The van der Waals surface area contributed by atoms with Crippen molar-refractivity contribution < 1.29 is 22.8 Å². The van der Waals surface area contributed by atoms with Crippen molar-refractivity contribution in [3.05, 3.63) is 63.9 Å². The average molecular weight is 441 g/mol. The summed E-state index contributed by atoms with van der Waals surface area (Å²) in [6.07, 6.45) is -2.27. The van der Waals surface area contributed by atoms with Crippen LogP contribution in [0.1, 0.15) is 20.9 Å². The molecule has 0 saturated carbocycles. The molecule has 0 unspecified atom stereocenters. The minimum atomic E-state index is -4.60. The maximum atomic E-state index is 13.3. The minimum absolute atomic E-state index is 0.0190. The van der Waals surface area contributed by atoms with E-state index >= 15 is 0 Å². The van der Waals surface area contributed by atoms with Crippen LogP contribution in [-0.4, -0.2) is 27.3 Å². The molecule has 0 fully saturated rings. The van der Waals surface area contributed by atoms with E-state index in [9.17, 15) is 22.8 Å². The summed E-state index contributed by atoms with van der Waals surface area (Å²) < 4.78 is 39.8. The third-order valence-corrected chi connectivity index (χ3v) is 5.20. The Balaban J connectivity index is 1.93. The van der Waals surface area contributed by atoms with Gasteiger partial charge in [-0.15, -0.1) is 11.3 Å². The first-order chi connectivity index (χ1) is 13.7. The third-order valence-electron chi connectivity index (χ3n) is 3.77. The van der Waals surface area contributed by atoms with Gasteiger partial charge in [0.25, 0.3) is 5.91 Å². The lowest BCUT2D eigenvalue weighted by molar-refractivity contribution is -0.137. The second-order valence-corrected chi connectivity index (χ2v) is 7.19. The smallest absolute Gasteiger partial charge is 0.289 e. The molecule has 6 nitrogen and oxygen atoms in total. The lowest BCUT2D eigenvalue weighted by atomic mass is 10.1. The molecule has 0 spiro atoms. The summed E-state index contributed by atoms with van der Waals surface area (Å²) in [7, 11) is 0. The van der Waals surface area contributed by atoms with E-state index in [1.807, 2.05) is 0 Å². The number of aromatic nitrogens is 2. The van der Waals surface area contributed by atoms with Crippen molar-refractivity contribution in [2.45, 2.75) is 13.1 Å². The Labute approximate surface area is 171 Å². The Morgan fingerprint density at radius 2 is 1.93 bits per heavy atom. The minimum Gasteiger partial charge on any atom is -0.289 e. The molecule has 0 saturated heterocycles. The Hall–Kier alpha value is -2.98. The highest BCUT2D eigenvalue weighted by atomic mass is 35.5. The number of amides is 2. The van der Waals surface area contributed by atoms with E-state index in [0.29, 0.717) is 15.7 Å². The Morgan fingerprint density at radius 1 is 1.24 bits per heavy atom. The molecule has 2 amide bonds. The van der Waals surface area contributed by atoms with Crippen LogP contribution >= 0.6 is 22.9 Å². The first kappa shape index (κ1) is 20.7. The van der Waals surface area contributed by atoms with Crippen LogP contribution in [0.15, 0.2) is 42.7 Å². The maximum absolute atomic E-state index is 13.3. The molecule has 3 aromatic rings. The number of benzene rings is 1. The normalized spacial score (nSPS) is 11.2. The van der Waals surface area contributed by atoms with Gasteiger partial charge in [0, 0.05) is 23.0 Å². The molecule has 3 rings (SSSR count). The van der Waals surface area contributed by atoms with Gasteiger partial charge in [0.1, 0.15) is 9.88 Å². The number of aryl methyl sites for hydroxylation is 1. The van der Waals surface area contributed by atoms with Crippen molar-refractivity contribution in [3.63, 3.8) is 0 Å². The third kappa shape index (κ3) is 4.54. The number of imide groups is 1. The van der Waals surface area contributed by atoms with E-state index in [1.54, 1.807) is 24.3 Å². The summed E-state index contributed by atoms with van der Waals surface area (Å²) in [4.78, 5) is 32.0. The van der Waals surface area contributed by atoms with Gasteiger partial charge in [0.2, 0.25) is 6.41 Å². The fourth-order valence-corrected chi connectivity index (χ4v) is 3.57. The number of carbonyl (C=O) groups excluding carboxylic acids is 2. The fourth-order valence-electron chi connectivity index (χ4n) is 2.42. The first-order valence-corrected chi connectivity index (χ1v) is 9.20. The molecule has 2 aromatic heterocycles. The SMILES string of the molecule is Cc1nc(-c2cnccc2C(F)(F)F)sc1C(=O)N(C=O)Nc1ccc(Cl)cc1. The van der Waals surface area contributed by atoms with Crippen molar-refractivity contribution in [2.24, 2.45) is 0 Å². The molecule has 1 N–H and O–H groups in total. The van der Waals surface area contributed by atoms with E-state index in [-0.39, 0.29) is 27.6 Å². The van der Waals surface area contributed by atoms with Gasteiger partial charge in [0.05, 0.1) is 16.9 Å². The Bertz CT molecular complexity index is 1050. The first-order valence-electron chi connectivity index (χ1n) is 8.01. The highest BCUT2D eigenvalue weighted by Crippen LogP contribution is 2.38. The number of hydrazine groups is 1. The molecule has 2 heterocycles. The number of nitrogens with zero attached hydrogens (tertiary/aromatic N) is 3. The standard InChI is InChI=1S/C18H12ClF3N4O2S/c1-10-15(17(28)26(9-27)25-12-4-2-11(19)3-5-12)29-16(24-10)13-8-23-7-6-14(13)18(20,21)22/h2-9,25H,1H3. The summed E-state index contributed by atoms with van der Waals surface area (Å²) in [6, 6.07) is 7.08. The van der Waals surface area contributed by atoms with E-state index in [0.717, 1.165) is 29.8 Å². The summed E-state index contributed by atoms with van der Waals surface area (Å²) in [5.41, 5.74) is 2.07. The number of hydrogen-bond acceptors (Lipinski definition) is 6. The number of thiazole rings is 1. The Morgan fingerprint density at radius 3 is 2.55 bits per heavy atom. The highest BCUT2D eigenvalue weighted by molar-refractivity contribution is 7.17. The second kappa shape index (κ2) is 8.18. The molecule has 0 aliphatic carbocycles. The van der Waals surface area contributed by atoms with Crippen LogP contribution in [0.3, 0.4) is 0 Å². The number of carbonyl (C=O) groups is 2. The van der Waals surface area contributed by atoms with E-state index in [4.69, 9.17) is 11.6 Å². The van der Waals surface area contributed by atoms with Crippen LogP contribution in [0.2, 0.25) is 5.02 Å². The summed E-state index contributed by atoms with van der Waals surface area (Å²) in [5, 5.41) is 1.13. The summed E-state index contributed by atoms with van der Waals surface area (Å²) >= 11 is 6.54. The predicted molar refractivity (Wildman–Crippen MR) is 102 cm³/mol. The number of rotatable bonds is 5. The van der Waals surface area contributed by atoms with Gasteiger partial charge in [-0.1, -0.05) is 11.6 Å². The molecule has 1 aromatic carbocycles. The number of halogens is 4. The van der Waals surface area contributed by atoms with Gasteiger partial charge < -0.3 is 0 Å². The Kier molecular flexibility index (Phi) is 5.85. The van der Waals surface area contributed by atoms with Crippen molar-refractivity contribution >= 4 is 40.9 Å². The van der Waals surface area contributed by atoms with Crippen LogP contribution in [0, 0.1) is 6.92 Å². The molecule has 11 heteroatoms. The number of hydrogen-bond donors (Lipinski definition) is 1. The van der Waals surface area contributed by atoms with Crippen molar-refractivity contribution in [2.75, 3.05) is 5.43 Å². The van der Waals surface area contributed by atoms with Crippen LogP contribution in [0.4, 0.5) is 18.9 Å². The van der Waals surface area contributed by atoms with Gasteiger partial charge in [-0.05, 0) is 37.3 Å². The fraction of sp³-hybridized carbons (Fsp3) is 0.111. The molecule has 0 atom stereocenters. The van der Waals surface area contributed by atoms with Crippen LogP contribution in [-0.2, 0) is 11.0 Å². The molecular formula is C18H12ClF3N4O2S. The van der Waals surface area contributed by atoms with Gasteiger partial charge in [0.15, 0.2) is 0 Å². The molecule has 0 radical (unpaired) electrons. The molecule has 0 aliphatic heterocycles. The monoisotopic (exact) mass is 440 g/mol. The van der Waals surface area contributed by atoms with Crippen LogP contribution in [0.25, 0.3) is 10.6 Å². The van der Waals surface area contributed by atoms with Gasteiger partial charge >= 0.3 is 6.18 Å². The largest absolute Gasteiger partial charge is 0.417 e. The number of alkyl halides is 3. The zero-order valence-electron chi connectivity index (χ0n) is 14.7. The number of anilines is 1. The summed E-state index contributed by atoms with van der Waals surface area (Å²) in [5.74, 6) is -0.756. The lowest BCUT2D eigenvalue weighted by Crippen LogP contribution is -2.34. The van der Waals surface area contributed by atoms with Crippen LogP contribution < -0.4 is 5.43 Å². The molecule has 0 bridgehead atoms. The molecule has 150 valence electrons. The molecular weight excluding hydrogens is 429 g/mol. The average Bonchev–Trinajstić information content (AvgIpc) is 3.08. The number of pyridine rings is 1. The van der Waals surface area contributed by atoms with Crippen molar-refractivity contribution in [1.29, 1.82) is 0 Å². The quantitative estimate of drug-likeness (QED) is 0.455. The second-order valence-electron chi connectivity index (χ2n) is 5.75. The van der Waals surface area contributed by atoms with Gasteiger partial charge in [-0.3, -0.25) is 20.0 Å². The van der Waals surface area contributed by atoms with E-state index < -0.39 is 17.6 Å². The maximum Gasteiger partial charge on any atom is 0.417 e. The van der Waals surface area contributed by atoms with Gasteiger partial charge in [-0.2, -0.15) is 18.2 Å². The van der Waals surface area contributed by atoms with Crippen molar-refractivity contribution in [3.8, 4) is 10.6 Å². The number of nitrogens with one attached hydrogen (secondary N) is 1. The predicted octanol–water partition coefficient (Wildman–Crippen LogP) is 4.81. The van der Waals surface area contributed by atoms with E-state index in [1.165, 1.54) is 6.92 Å². The van der Waals surface area contributed by atoms with E-state index in [2.05, 4.69) is 15.4 Å². The zero-order valence-corrected chi connectivity index (χ0v) is 16.3. The molecule has 29 heavy (non-hydrogen) atoms. The van der Waals surface area contributed by atoms with Gasteiger partial charge in [-0.25, -0.2) is 4.98 Å². The highest BCUT2D eigenvalue weighted by Gasteiger charge is 2.35. The molecule has 0 aliphatic rings. The zero-order chi connectivity index (χ0) is 21.2. The summed E-state index contributed by atoms with van der Waals surface area (Å²) in [6.45, 7) is 1.47.